The highest BCUT2D eigenvalue weighted by Crippen LogP contribution is 2.19. The molecule has 0 unspecified atom stereocenters. The minimum Gasteiger partial charge on any atom is -0.317 e. The summed E-state index contributed by atoms with van der Waals surface area (Å²) >= 11 is 14.7. The lowest BCUT2D eigenvalue weighted by Crippen LogP contribution is -2.19. The number of carbonyl (C=O) groups excluding carboxylic acids is 1. The number of H-pyrrole nitrogens is 1. The van der Waals surface area contributed by atoms with Gasteiger partial charge in [0, 0.05) is 15.6 Å². The van der Waals surface area contributed by atoms with Gasteiger partial charge in [-0.2, -0.15) is 0 Å². The number of benzene rings is 1. The van der Waals surface area contributed by atoms with Gasteiger partial charge in [0.05, 0.1) is 4.60 Å². The Kier molecular flexibility index (Phi) is 4.29. The first-order valence-corrected chi connectivity index (χ1v) is 6.67. The zero-order valence-electron chi connectivity index (χ0n) is 9.34. The molecule has 0 fully saturated rings. The van der Waals surface area contributed by atoms with Crippen molar-refractivity contribution < 1.29 is 4.79 Å². The number of carbonyl (C=O) groups is 1. The fourth-order valence-corrected chi connectivity index (χ4v) is 2.27. The maximum atomic E-state index is 12.0. The van der Waals surface area contributed by atoms with E-state index in [4.69, 9.17) is 23.2 Å². The number of aromatic amines is 1. The highest BCUT2D eigenvalue weighted by molar-refractivity contribution is 9.10. The zero-order valence-corrected chi connectivity index (χ0v) is 12.4. The van der Waals surface area contributed by atoms with E-state index in [1.807, 2.05) is 0 Å². The summed E-state index contributed by atoms with van der Waals surface area (Å²) in [6, 6.07) is 7.56. The standard InChI is InChI=1S/C12H7BrCl2N2O2/c13-10-2-1-9(12(19)17-10)16-11(18)6-3-7(14)5-8(15)4-6/h1-5H,(H,16,18)(H,17,19). The molecule has 98 valence electrons. The molecule has 2 aromatic rings. The highest BCUT2D eigenvalue weighted by atomic mass is 79.9. The average Bonchev–Trinajstić information content (AvgIpc) is 2.31. The molecular weight excluding hydrogens is 355 g/mol. The molecule has 4 nitrogen and oxygen atoms in total. The summed E-state index contributed by atoms with van der Waals surface area (Å²) < 4.78 is 0.529. The van der Waals surface area contributed by atoms with Crippen LogP contribution in [0.1, 0.15) is 10.4 Å². The Balaban J connectivity index is 2.28. The molecule has 0 radical (unpaired) electrons. The molecule has 1 aromatic heterocycles. The number of aromatic nitrogens is 1. The number of rotatable bonds is 2. The van der Waals surface area contributed by atoms with E-state index in [0.717, 1.165) is 0 Å². The van der Waals surface area contributed by atoms with Crippen LogP contribution >= 0.6 is 39.1 Å². The zero-order chi connectivity index (χ0) is 14.0. The van der Waals surface area contributed by atoms with Crippen molar-refractivity contribution in [3.63, 3.8) is 0 Å². The van der Waals surface area contributed by atoms with E-state index in [9.17, 15) is 9.59 Å². The smallest absolute Gasteiger partial charge is 0.272 e. The van der Waals surface area contributed by atoms with Crippen molar-refractivity contribution in [3.05, 3.63) is 60.9 Å². The van der Waals surface area contributed by atoms with Crippen molar-refractivity contribution in [2.24, 2.45) is 0 Å². The summed E-state index contributed by atoms with van der Waals surface area (Å²) in [6.07, 6.45) is 0. The third kappa shape index (κ3) is 3.59. The van der Waals surface area contributed by atoms with Crippen molar-refractivity contribution in [2.75, 3.05) is 5.32 Å². The molecule has 0 bridgehead atoms. The number of nitrogens with one attached hydrogen (secondary N) is 2. The fraction of sp³-hybridized carbons (Fsp3) is 0. The van der Waals surface area contributed by atoms with Crippen molar-refractivity contribution in [1.29, 1.82) is 0 Å². The van der Waals surface area contributed by atoms with Gasteiger partial charge < -0.3 is 10.3 Å². The fourth-order valence-electron chi connectivity index (χ4n) is 1.43. The second-order valence-electron chi connectivity index (χ2n) is 3.66. The van der Waals surface area contributed by atoms with Crippen LogP contribution < -0.4 is 10.9 Å². The predicted octanol–water partition coefficient (Wildman–Crippen LogP) is 3.70. The van der Waals surface area contributed by atoms with Gasteiger partial charge >= 0.3 is 0 Å². The summed E-state index contributed by atoms with van der Waals surface area (Å²) in [5.74, 6) is -0.461. The van der Waals surface area contributed by atoms with E-state index >= 15 is 0 Å². The van der Waals surface area contributed by atoms with Gasteiger partial charge in [0.15, 0.2) is 0 Å². The van der Waals surface area contributed by atoms with Gasteiger partial charge in [-0.1, -0.05) is 23.2 Å². The molecule has 0 saturated carbocycles. The quantitative estimate of drug-likeness (QED) is 0.801. The molecule has 19 heavy (non-hydrogen) atoms. The molecule has 1 amide bonds. The van der Waals surface area contributed by atoms with E-state index in [1.165, 1.54) is 24.3 Å². The van der Waals surface area contributed by atoms with Crippen LogP contribution in [0.5, 0.6) is 0 Å². The summed E-state index contributed by atoms with van der Waals surface area (Å²) in [5.41, 5.74) is 0.0139. The molecule has 1 aromatic carbocycles. The lowest BCUT2D eigenvalue weighted by Gasteiger charge is -2.05. The average molecular weight is 362 g/mol. The summed E-state index contributed by atoms with van der Waals surface area (Å²) in [6.45, 7) is 0. The van der Waals surface area contributed by atoms with Gasteiger partial charge in [0.2, 0.25) is 0 Å². The lowest BCUT2D eigenvalue weighted by atomic mass is 10.2. The number of hydrogen-bond donors (Lipinski definition) is 2. The lowest BCUT2D eigenvalue weighted by molar-refractivity contribution is 0.102. The third-order valence-corrected chi connectivity index (χ3v) is 3.15. The molecule has 0 aliphatic carbocycles. The van der Waals surface area contributed by atoms with Crippen LogP contribution in [0.2, 0.25) is 10.0 Å². The molecule has 0 spiro atoms. The van der Waals surface area contributed by atoms with Gasteiger partial charge in [-0.25, -0.2) is 0 Å². The minimum atomic E-state index is -0.461. The van der Waals surface area contributed by atoms with Crippen molar-refractivity contribution in [2.45, 2.75) is 0 Å². The molecule has 0 saturated heterocycles. The molecule has 7 heteroatoms. The second-order valence-corrected chi connectivity index (χ2v) is 5.39. The maximum Gasteiger partial charge on any atom is 0.272 e. The first-order valence-electron chi connectivity index (χ1n) is 5.12. The normalized spacial score (nSPS) is 10.3. The molecule has 0 aliphatic heterocycles. The Bertz CT molecular complexity index is 680. The van der Waals surface area contributed by atoms with Crippen molar-refractivity contribution in [1.82, 2.24) is 4.98 Å². The van der Waals surface area contributed by atoms with Crippen LogP contribution in [-0.2, 0) is 0 Å². The van der Waals surface area contributed by atoms with E-state index in [2.05, 4.69) is 26.2 Å². The van der Waals surface area contributed by atoms with Crippen LogP contribution in [0.25, 0.3) is 0 Å². The van der Waals surface area contributed by atoms with Gasteiger partial charge in [-0.05, 0) is 46.3 Å². The molecule has 2 rings (SSSR count). The number of hydrogen-bond acceptors (Lipinski definition) is 2. The molecular formula is C12H7BrCl2N2O2. The number of pyridine rings is 1. The Morgan fingerprint density at radius 1 is 1.16 bits per heavy atom. The number of halogens is 3. The van der Waals surface area contributed by atoms with Gasteiger partial charge in [0.25, 0.3) is 11.5 Å². The SMILES string of the molecule is O=C(Nc1ccc(Br)[nH]c1=O)c1cc(Cl)cc(Cl)c1. The largest absolute Gasteiger partial charge is 0.317 e. The van der Waals surface area contributed by atoms with Crippen LogP contribution in [0.15, 0.2) is 39.7 Å². The van der Waals surface area contributed by atoms with Gasteiger partial charge in [-0.15, -0.1) is 0 Å². The maximum absolute atomic E-state index is 12.0. The third-order valence-electron chi connectivity index (χ3n) is 2.25. The molecule has 0 atom stereocenters. The first-order chi connectivity index (χ1) is 8.95. The Morgan fingerprint density at radius 2 is 1.79 bits per heavy atom. The Labute approximate surface area is 126 Å². The van der Waals surface area contributed by atoms with Crippen LogP contribution in [0.4, 0.5) is 5.69 Å². The monoisotopic (exact) mass is 360 g/mol. The van der Waals surface area contributed by atoms with Gasteiger partial charge in [0.1, 0.15) is 5.69 Å². The van der Waals surface area contributed by atoms with E-state index in [1.54, 1.807) is 6.07 Å². The Hall–Kier alpha value is -1.30. The van der Waals surface area contributed by atoms with Crippen LogP contribution in [-0.4, -0.2) is 10.9 Å². The van der Waals surface area contributed by atoms with Crippen molar-refractivity contribution in [3.8, 4) is 0 Å². The molecule has 2 N–H and O–H groups in total. The Morgan fingerprint density at radius 3 is 2.37 bits per heavy atom. The number of anilines is 1. The summed E-state index contributed by atoms with van der Waals surface area (Å²) in [5, 5.41) is 3.19. The molecule has 1 heterocycles. The van der Waals surface area contributed by atoms with Gasteiger partial charge in [-0.3, -0.25) is 9.59 Å². The minimum absolute atomic E-state index is 0.143. The van der Waals surface area contributed by atoms with Crippen molar-refractivity contribution >= 4 is 50.7 Å². The topological polar surface area (TPSA) is 62.0 Å². The molecule has 0 aliphatic rings. The summed E-state index contributed by atoms with van der Waals surface area (Å²) in [4.78, 5) is 26.1. The first kappa shape index (κ1) is 14.1. The second kappa shape index (κ2) is 5.77. The highest BCUT2D eigenvalue weighted by Gasteiger charge is 2.10. The van der Waals surface area contributed by atoms with E-state index < -0.39 is 11.5 Å². The van der Waals surface area contributed by atoms with Crippen LogP contribution in [0.3, 0.4) is 0 Å². The number of amides is 1. The van der Waals surface area contributed by atoms with Crippen LogP contribution in [0, 0.1) is 0 Å². The summed E-state index contributed by atoms with van der Waals surface area (Å²) in [7, 11) is 0. The van der Waals surface area contributed by atoms with E-state index in [-0.39, 0.29) is 11.3 Å². The predicted molar refractivity (Wildman–Crippen MR) is 79.2 cm³/mol. The van der Waals surface area contributed by atoms with E-state index in [0.29, 0.717) is 14.6 Å².